The lowest BCUT2D eigenvalue weighted by Gasteiger charge is -2.25. The molecule has 0 saturated heterocycles. The monoisotopic (exact) mass is 426 g/mol. The van der Waals surface area contributed by atoms with E-state index < -0.39 is 0 Å². The molecule has 1 fully saturated rings. The molecule has 0 unspecified atom stereocenters. The van der Waals surface area contributed by atoms with Crippen molar-refractivity contribution in [3.63, 3.8) is 0 Å². The Balaban J connectivity index is 1.60. The summed E-state index contributed by atoms with van der Waals surface area (Å²) in [4.78, 5) is 22.1. The molecule has 1 aliphatic carbocycles. The van der Waals surface area contributed by atoms with Gasteiger partial charge in [-0.1, -0.05) is 52.7 Å². The van der Waals surface area contributed by atoms with Gasteiger partial charge < -0.3 is 0 Å². The van der Waals surface area contributed by atoms with Gasteiger partial charge in [-0.25, -0.2) is 0 Å². The molecule has 1 aromatic carbocycles. The zero-order valence-electron chi connectivity index (χ0n) is 20.0. The SMILES string of the molecule is Cc1cc(C(=O)C2CCC(C)CC2)ccc1-c1cncc(-c2ccnc(C(C)(C)C)c2)c1. The van der Waals surface area contributed by atoms with Gasteiger partial charge in [0, 0.05) is 52.3 Å². The maximum Gasteiger partial charge on any atom is 0.165 e. The van der Waals surface area contributed by atoms with Gasteiger partial charge in [0.25, 0.3) is 0 Å². The summed E-state index contributed by atoms with van der Waals surface area (Å²) < 4.78 is 0. The third-order valence-corrected chi connectivity index (χ3v) is 6.81. The van der Waals surface area contributed by atoms with Gasteiger partial charge in [0.1, 0.15) is 0 Å². The lowest BCUT2D eigenvalue weighted by molar-refractivity contribution is 0.0875. The largest absolute Gasteiger partial charge is 0.294 e. The minimum Gasteiger partial charge on any atom is -0.294 e. The number of carbonyl (C=O) groups is 1. The summed E-state index contributed by atoms with van der Waals surface area (Å²) in [5.74, 6) is 1.25. The first-order valence-electron chi connectivity index (χ1n) is 11.8. The maximum atomic E-state index is 13.0. The Labute approximate surface area is 192 Å². The zero-order chi connectivity index (χ0) is 22.9. The summed E-state index contributed by atoms with van der Waals surface area (Å²) in [5.41, 5.74) is 7.41. The number of benzene rings is 1. The topological polar surface area (TPSA) is 42.9 Å². The van der Waals surface area contributed by atoms with Crippen molar-refractivity contribution in [3.8, 4) is 22.3 Å². The van der Waals surface area contributed by atoms with Crippen LogP contribution in [0.5, 0.6) is 0 Å². The van der Waals surface area contributed by atoms with Gasteiger partial charge in [0.05, 0.1) is 0 Å². The molecule has 166 valence electrons. The molecule has 3 heteroatoms. The Morgan fingerprint density at radius 3 is 2.31 bits per heavy atom. The average Bonchev–Trinajstić information content (AvgIpc) is 2.78. The van der Waals surface area contributed by atoms with Crippen molar-refractivity contribution in [2.75, 3.05) is 0 Å². The summed E-state index contributed by atoms with van der Waals surface area (Å²) >= 11 is 0. The molecule has 1 aliphatic rings. The van der Waals surface area contributed by atoms with Crippen LogP contribution in [0.1, 0.15) is 75.0 Å². The van der Waals surface area contributed by atoms with Crippen LogP contribution in [-0.2, 0) is 5.41 Å². The van der Waals surface area contributed by atoms with Crippen LogP contribution in [0.4, 0.5) is 0 Å². The first kappa shape index (κ1) is 22.4. The Morgan fingerprint density at radius 2 is 1.62 bits per heavy atom. The van der Waals surface area contributed by atoms with Crippen LogP contribution >= 0.6 is 0 Å². The summed E-state index contributed by atoms with van der Waals surface area (Å²) in [5, 5.41) is 0. The van der Waals surface area contributed by atoms with Crippen LogP contribution in [-0.4, -0.2) is 15.8 Å². The summed E-state index contributed by atoms with van der Waals surface area (Å²) in [6.45, 7) is 10.9. The van der Waals surface area contributed by atoms with Gasteiger partial charge in [-0.3, -0.25) is 14.8 Å². The highest BCUT2D eigenvalue weighted by Crippen LogP contribution is 2.33. The number of aryl methyl sites for hydroxylation is 1. The zero-order valence-corrected chi connectivity index (χ0v) is 20.0. The number of nitrogens with zero attached hydrogens (tertiary/aromatic N) is 2. The number of hydrogen-bond acceptors (Lipinski definition) is 3. The van der Waals surface area contributed by atoms with E-state index in [1.54, 1.807) is 0 Å². The van der Waals surface area contributed by atoms with Crippen LogP contribution < -0.4 is 0 Å². The van der Waals surface area contributed by atoms with E-state index in [0.717, 1.165) is 70.7 Å². The van der Waals surface area contributed by atoms with Crippen molar-refractivity contribution in [2.45, 2.75) is 65.7 Å². The number of hydrogen-bond donors (Lipinski definition) is 0. The van der Waals surface area contributed by atoms with E-state index in [1.165, 1.54) is 0 Å². The second-order valence-electron chi connectivity index (χ2n) is 10.5. The fourth-order valence-corrected chi connectivity index (χ4v) is 4.66. The molecule has 4 rings (SSSR count). The molecule has 0 radical (unpaired) electrons. The van der Waals surface area contributed by atoms with Crippen molar-refractivity contribution < 1.29 is 4.79 Å². The predicted molar refractivity (Wildman–Crippen MR) is 132 cm³/mol. The molecule has 0 spiro atoms. The molecule has 3 nitrogen and oxygen atoms in total. The normalized spacial score (nSPS) is 19.0. The van der Waals surface area contributed by atoms with E-state index in [4.69, 9.17) is 0 Å². The van der Waals surface area contributed by atoms with Gasteiger partial charge in [0.15, 0.2) is 5.78 Å². The Kier molecular flexibility index (Phi) is 6.28. The molecule has 2 heterocycles. The molecule has 0 bridgehead atoms. The van der Waals surface area contributed by atoms with Crippen LogP contribution in [0.2, 0.25) is 0 Å². The highest BCUT2D eigenvalue weighted by molar-refractivity contribution is 5.98. The minimum absolute atomic E-state index is 0.00359. The van der Waals surface area contributed by atoms with Crippen molar-refractivity contribution in [2.24, 2.45) is 11.8 Å². The lowest BCUT2D eigenvalue weighted by Crippen LogP contribution is -2.21. The average molecular weight is 427 g/mol. The number of aromatic nitrogens is 2. The van der Waals surface area contributed by atoms with Gasteiger partial charge in [-0.15, -0.1) is 0 Å². The molecule has 2 aromatic heterocycles. The first-order valence-corrected chi connectivity index (χ1v) is 11.8. The third-order valence-electron chi connectivity index (χ3n) is 6.81. The molecule has 0 atom stereocenters. The number of carbonyl (C=O) groups excluding carboxylic acids is 1. The fraction of sp³-hybridized carbons (Fsp3) is 0.414. The van der Waals surface area contributed by atoms with E-state index in [9.17, 15) is 4.79 Å². The Hall–Kier alpha value is -2.81. The van der Waals surface area contributed by atoms with Gasteiger partial charge in [-0.05, 0) is 66.6 Å². The molecular weight excluding hydrogens is 392 g/mol. The number of pyridine rings is 2. The van der Waals surface area contributed by atoms with E-state index in [1.807, 2.05) is 30.7 Å². The first-order chi connectivity index (χ1) is 15.2. The second-order valence-corrected chi connectivity index (χ2v) is 10.5. The van der Waals surface area contributed by atoms with Crippen molar-refractivity contribution in [1.82, 2.24) is 9.97 Å². The molecule has 3 aromatic rings. The van der Waals surface area contributed by atoms with E-state index in [-0.39, 0.29) is 11.3 Å². The Bertz CT molecular complexity index is 1120. The van der Waals surface area contributed by atoms with E-state index in [0.29, 0.717) is 5.78 Å². The standard InChI is InChI=1S/C29H34N2O/c1-19-6-8-21(9-7-19)28(32)23-10-11-26(20(2)14-23)25-15-24(17-30-18-25)22-12-13-31-27(16-22)29(3,4)5/h10-19,21H,6-9H2,1-5H3. The van der Waals surface area contributed by atoms with Crippen LogP contribution in [0.3, 0.4) is 0 Å². The van der Waals surface area contributed by atoms with Gasteiger partial charge in [-0.2, -0.15) is 0 Å². The van der Waals surface area contributed by atoms with E-state index in [2.05, 4.69) is 68.9 Å². The highest BCUT2D eigenvalue weighted by atomic mass is 16.1. The van der Waals surface area contributed by atoms with Crippen molar-refractivity contribution >= 4 is 5.78 Å². The quantitative estimate of drug-likeness (QED) is 0.408. The van der Waals surface area contributed by atoms with Crippen molar-refractivity contribution in [1.29, 1.82) is 0 Å². The molecule has 32 heavy (non-hydrogen) atoms. The van der Waals surface area contributed by atoms with Crippen LogP contribution in [0.25, 0.3) is 22.3 Å². The molecule has 0 amide bonds. The van der Waals surface area contributed by atoms with Crippen LogP contribution in [0.15, 0.2) is 55.0 Å². The molecule has 1 saturated carbocycles. The summed E-state index contributed by atoms with van der Waals surface area (Å²) in [6, 6.07) is 12.5. The van der Waals surface area contributed by atoms with Gasteiger partial charge >= 0.3 is 0 Å². The molecule has 0 N–H and O–H groups in total. The third kappa shape index (κ3) is 4.82. The number of ketones is 1. The molecule has 0 aliphatic heterocycles. The number of Topliss-reactive ketones (excluding diaryl/α,β-unsaturated/α-hetero) is 1. The second kappa shape index (κ2) is 8.97. The molecular formula is C29H34N2O. The van der Waals surface area contributed by atoms with E-state index >= 15 is 0 Å². The fourth-order valence-electron chi connectivity index (χ4n) is 4.66. The number of rotatable bonds is 4. The lowest BCUT2D eigenvalue weighted by atomic mass is 9.79. The summed E-state index contributed by atoms with van der Waals surface area (Å²) in [6.07, 6.45) is 10.1. The Morgan fingerprint density at radius 1 is 0.906 bits per heavy atom. The van der Waals surface area contributed by atoms with Crippen molar-refractivity contribution in [3.05, 3.63) is 71.8 Å². The highest BCUT2D eigenvalue weighted by Gasteiger charge is 2.25. The maximum absolute atomic E-state index is 13.0. The van der Waals surface area contributed by atoms with Gasteiger partial charge in [0.2, 0.25) is 0 Å². The minimum atomic E-state index is -0.00359. The predicted octanol–water partition coefficient (Wildman–Crippen LogP) is 7.43. The van der Waals surface area contributed by atoms with Crippen LogP contribution in [0, 0.1) is 18.8 Å². The smallest absolute Gasteiger partial charge is 0.165 e. The summed E-state index contributed by atoms with van der Waals surface area (Å²) in [7, 11) is 0.